The standard InChI is InChI=1S/C15H19F2N3O/c1-15(2,3)18-8-4-5-13-19-20-14(21-13)11-9-10(16)6-7-12(11)17/h6-7,9,18H,4-5,8H2,1-3H3. The molecule has 0 aliphatic carbocycles. The molecule has 0 bridgehead atoms. The summed E-state index contributed by atoms with van der Waals surface area (Å²) in [5, 5.41) is 11.0. The zero-order chi connectivity index (χ0) is 15.5. The molecule has 0 radical (unpaired) electrons. The van der Waals surface area contributed by atoms with E-state index in [0.29, 0.717) is 12.3 Å². The second-order valence-electron chi connectivity index (χ2n) is 5.91. The van der Waals surface area contributed by atoms with Gasteiger partial charge in [0.1, 0.15) is 11.6 Å². The predicted molar refractivity (Wildman–Crippen MR) is 75.7 cm³/mol. The van der Waals surface area contributed by atoms with Gasteiger partial charge in [0.2, 0.25) is 5.89 Å². The average molecular weight is 295 g/mol. The summed E-state index contributed by atoms with van der Waals surface area (Å²) in [4.78, 5) is 0. The largest absolute Gasteiger partial charge is 0.421 e. The second kappa shape index (κ2) is 6.30. The monoisotopic (exact) mass is 295 g/mol. The van der Waals surface area contributed by atoms with Crippen LogP contribution in [0.1, 0.15) is 33.1 Å². The van der Waals surface area contributed by atoms with E-state index in [4.69, 9.17) is 4.42 Å². The first-order chi connectivity index (χ1) is 9.85. The molecule has 0 fully saturated rings. The Labute approximate surface area is 122 Å². The lowest BCUT2D eigenvalue weighted by atomic mass is 10.1. The van der Waals surface area contributed by atoms with Gasteiger partial charge >= 0.3 is 0 Å². The number of nitrogens with zero attached hydrogens (tertiary/aromatic N) is 2. The van der Waals surface area contributed by atoms with Gasteiger partial charge in [0.05, 0.1) is 5.56 Å². The number of benzene rings is 1. The molecule has 6 heteroatoms. The van der Waals surface area contributed by atoms with Crippen LogP contribution in [0, 0.1) is 11.6 Å². The summed E-state index contributed by atoms with van der Waals surface area (Å²) in [6.45, 7) is 7.08. The van der Waals surface area contributed by atoms with E-state index in [1.165, 1.54) is 0 Å². The molecule has 1 aromatic carbocycles. The van der Waals surface area contributed by atoms with E-state index in [0.717, 1.165) is 31.2 Å². The molecule has 1 aromatic heterocycles. The zero-order valence-corrected chi connectivity index (χ0v) is 12.4. The topological polar surface area (TPSA) is 51.0 Å². The Hall–Kier alpha value is -1.82. The van der Waals surface area contributed by atoms with Gasteiger partial charge < -0.3 is 9.73 Å². The van der Waals surface area contributed by atoms with Crippen molar-refractivity contribution in [2.75, 3.05) is 6.54 Å². The molecule has 1 heterocycles. The maximum absolute atomic E-state index is 13.6. The molecule has 1 N–H and O–H groups in total. The molecule has 114 valence electrons. The van der Waals surface area contributed by atoms with Crippen LogP contribution in [0.5, 0.6) is 0 Å². The summed E-state index contributed by atoms with van der Waals surface area (Å²) in [6, 6.07) is 3.14. The first-order valence-electron chi connectivity index (χ1n) is 6.88. The SMILES string of the molecule is CC(C)(C)NCCCc1nnc(-c2cc(F)ccc2F)o1. The molecule has 21 heavy (non-hydrogen) atoms. The third-order valence-electron chi connectivity index (χ3n) is 2.85. The number of nitrogens with one attached hydrogen (secondary N) is 1. The van der Waals surface area contributed by atoms with Gasteiger partial charge in [0.25, 0.3) is 5.89 Å². The smallest absolute Gasteiger partial charge is 0.250 e. The molecular weight excluding hydrogens is 276 g/mol. The summed E-state index contributed by atoms with van der Waals surface area (Å²) in [6.07, 6.45) is 1.41. The highest BCUT2D eigenvalue weighted by Gasteiger charge is 2.14. The molecule has 0 atom stereocenters. The fourth-order valence-corrected chi connectivity index (χ4v) is 1.83. The summed E-state index contributed by atoms with van der Waals surface area (Å²) in [5.41, 5.74) is 0.0478. The lowest BCUT2D eigenvalue weighted by Crippen LogP contribution is -2.36. The van der Waals surface area contributed by atoms with Crippen molar-refractivity contribution >= 4 is 0 Å². The normalized spacial score (nSPS) is 11.9. The van der Waals surface area contributed by atoms with Crippen LogP contribution in [0.4, 0.5) is 8.78 Å². The van der Waals surface area contributed by atoms with Gasteiger partial charge in [-0.3, -0.25) is 0 Å². The molecule has 0 aliphatic rings. The maximum atomic E-state index is 13.6. The fourth-order valence-electron chi connectivity index (χ4n) is 1.83. The van der Waals surface area contributed by atoms with E-state index < -0.39 is 11.6 Å². The Morgan fingerprint density at radius 3 is 2.67 bits per heavy atom. The predicted octanol–water partition coefficient (Wildman–Crippen LogP) is 3.34. The van der Waals surface area contributed by atoms with Gasteiger partial charge in [0, 0.05) is 12.0 Å². The van der Waals surface area contributed by atoms with Crippen LogP contribution < -0.4 is 5.32 Å². The van der Waals surface area contributed by atoms with Gasteiger partial charge in [-0.2, -0.15) is 0 Å². The number of rotatable bonds is 5. The van der Waals surface area contributed by atoms with Crippen LogP contribution in [0.25, 0.3) is 11.5 Å². The lowest BCUT2D eigenvalue weighted by Gasteiger charge is -2.19. The Morgan fingerprint density at radius 2 is 1.95 bits per heavy atom. The minimum Gasteiger partial charge on any atom is -0.421 e. The van der Waals surface area contributed by atoms with Gasteiger partial charge in [-0.1, -0.05) is 0 Å². The van der Waals surface area contributed by atoms with E-state index in [1.54, 1.807) is 0 Å². The van der Waals surface area contributed by atoms with Gasteiger partial charge in [-0.05, 0) is 51.9 Å². The third-order valence-corrected chi connectivity index (χ3v) is 2.85. The second-order valence-corrected chi connectivity index (χ2v) is 5.91. The van der Waals surface area contributed by atoms with Crippen molar-refractivity contribution in [3.8, 4) is 11.5 Å². The molecule has 0 spiro atoms. The molecule has 4 nitrogen and oxygen atoms in total. The van der Waals surface area contributed by atoms with Crippen LogP contribution in [-0.2, 0) is 6.42 Å². The Bertz CT molecular complexity index is 605. The lowest BCUT2D eigenvalue weighted by molar-refractivity contribution is 0.412. The molecule has 0 saturated heterocycles. The van der Waals surface area contributed by atoms with Crippen molar-refractivity contribution in [1.29, 1.82) is 0 Å². The van der Waals surface area contributed by atoms with Crippen molar-refractivity contribution in [2.45, 2.75) is 39.2 Å². The van der Waals surface area contributed by atoms with Crippen LogP contribution >= 0.6 is 0 Å². The molecule has 0 amide bonds. The molecule has 0 unspecified atom stereocenters. The Balaban J connectivity index is 1.97. The van der Waals surface area contributed by atoms with Crippen LogP contribution in [0.3, 0.4) is 0 Å². The molecular formula is C15H19F2N3O. The van der Waals surface area contributed by atoms with Gasteiger partial charge in [-0.25, -0.2) is 8.78 Å². The Kier molecular flexibility index (Phi) is 4.67. The molecule has 0 saturated carbocycles. The summed E-state index contributed by atoms with van der Waals surface area (Å²) >= 11 is 0. The van der Waals surface area contributed by atoms with Crippen molar-refractivity contribution in [1.82, 2.24) is 15.5 Å². The van der Waals surface area contributed by atoms with E-state index in [-0.39, 0.29) is 17.0 Å². The minimum atomic E-state index is -0.582. The first kappa shape index (κ1) is 15.6. The summed E-state index contributed by atoms with van der Waals surface area (Å²) < 4.78 is 32.1. The van der Waals surface area contributed by atoms with Crippen molar-refractivity contribution in [3.63, 3.8) is 0 Å². The highest BCUT2D eigenvalue weighted by atomic mass is 19.1. The maximum Gasteiger partial charge on any atom is 0.250 e. The molecule has 2 aromatic rings. The first-order valence-corrected chi connectivity index (χ1v) is 6.88. The van der Waals surface area contributed by atoms with Crippen LogP contribution in [0.2, 0.25) is 0 Å². The minimum absolute atomic E-state index is 0.00535. The van der Waals surface area contributed by atoms with Gasteiger partial charge in [0.15, 0.2) is 0 Å². The highest BCUT2D eigenvalue weighted by Crippen LogP contribution is 2.22. The highest BCUT2D eigenvalue weighted by molar-refractivity contribution is 5.53. The van der Waals surface area contributed by atoms with E-state index in [2.05, 4.69) is 36.3 Å². The van der Waals surface area contributed by atoms with Crippen molar-refractivity contribution < 1.29 is 13.2 Å². The quantitative estimate of drug-likeness (QED) is 0.860. The zero-order valence-electron chi connectivity index (χ0n) is 12.4. The van der Waals surface area contributed by atoms with E-state index in [1.807, 2.05) is 0 Å². The Morgan fingerprint density at radius 1 is 1.19 bits per heavy atom. The average Bonchev–Trinajstić information content (AvgIpc) is 2.85. The fraction of sp³-hybridized carbons (Fsp3) is 0.467. The number of aryl methyl sites for hydroxylation is 1. The number of hydrogen-bond donors (Lipinski definition) is 1. The van der Waals surface area contributed by atoms with Gasteiger partial charge in [-0.15, -0.1) is 10.2 Å². The number of aromatic nitrogens is 2. The van der Waals surface area contributed by atoms with E-state index >= 15 is 0 Å². The molecule has 2 rings (SSSR count). The van der Waals surface area contributed by atoms with Crippen molar-refractivity contribution in [2.24, 2.45) is 0 Å². The third kappa shape index (κ3) is 4.60. The van der Waals surface area contributed by atoms with Crippen LogP contribution in [0.15, 0.2) is 22.6 Å². The summed E-state index contributed by atoms with van der Waals surface area (Å²) in [5.74, 6) is -0.698. The van der Waals surface area contributed by atoms with E-state index in [9.17, 15) is 8.78 Å². The van der Waals surface area contributed by atoms with Crippen LogP contribution in [-0.4, -0.2) is 22.3 Å². The number of halogens is 2. The summed E-state index contributed by atoms with van der Waals surface area (Å²) in [7, 11) is 0. The molecule has 0 aliphatic heterocycles. The number of hydrogen-bond acceptors (Lipinski definition) is 4. The van der Waals surface area contributed by atoms with Crippen molar-refractivity contribution in [3.05, 3.63) is 35.7 Å².